The summed E-state index contributed by atoms with van der Waals surface area (Å²) in [5.41, 5.74) is 0.877. The number of ether oxygens (including phenoxy) is 3. The molecule has 1 N–H and O–H groups in total. The zero-order chi connectivity index (χ0) is 26.9. The Morgan fingerprint density at radius 1 is 0.684 bits per heavy atom. The Hall–Kier alpha value is -4.34. The SMILES string of the molecule is C.CCc1cc(O)c(Oc2cccnc2F)cc1F.CCc1cc(OC)c(Oc2cccnc2F)cc1F. The van der Waals surface area contributed by atoms with Crippen LogP contribution in [0, 0.1) is 23.5 Å². The highest BCUT2D eigenvalue weighted by Gasteiger charge is 2.14. The molecule has 2 aromatic carbocycles. The second-order valence-electron chi connectivity index (χ2n) is 7.50. The van der Waals surface area contributed by atoms with Gasteiger partial charge < -0.3 is 19.3 Å². The van der Waals surface area contributed by atoms with E-state index in [2.05, 4.69) is 9.97 Å². The largest absolute Gasteiger partial charge is 0.504 e. The standard InChI is InChI=1S/C14H13F2NO2.C13H11F2NO2.CH4/c1-3-9-7-12(18-2)13(8-10(9)15)19-11-5-4-6-17-14(11)16;1-2-8-6-10(17)12(7-9(8)14)18-11-4-3-5-16-13(11)15;/h4-8H,3H2,1-2H3;3-7,17H,2H2,1H3;1H4. The lowest BCUT2D eigenvalue weighted by atomic mass is 10.1. The van der Waals surface area contributed by atoms with Gasteiger partial charge in [0.05, 0.1) is 7.11 Å². The number of hydrogen-bond donors (Lipinski definition) is 1. The number of aromatic hydroxyl groups is 1. The monoisotopic (exact) mass is 532 g/mol. The van der Waals surface area contributed by atoms with Gasteiger partial charge in [-0.15, -0.1) is 0 Å². The van der Waals surface area contributed by atoms with Gasteiger partial charge in [-0.1, -0.05) is 21.3 Å². The van der Waals surface area contributed by atoms with Gasteiger partial charge in [0.25, 0.3) is 11.9 Å². The van der Waals surface area contributed by atoms with Crippen LogP contribution in [0.2, 0.25) is 0 Å². The molecule has 0 unspecified atom stereocenters. The van der Waals surface area contributed by atoms with Gasteiger partial charge in [-0.3, -0.25) is 0 Å². The molecule has 0 bridgehead atoms. The fraction of sp³-hybridized carbons (Fsp3) is 0.214. The molecule has 0 aliphatic heterocycles. The van der Waals surface area contributed by atoms with E-state index in [1.54, 1.807) is 13.0 Å². The third kappa shape index (κ3) is 7.34. The molecule has 2 heterocycles. The van der Waals surface area contributed by atoms with Crippen LogP contribution in [0.25, 0.3) is 0 Å². The number of benzene rings is 2. The Morgan fingerprint density at radius 3 is 1.63 bits per heavy atom. The van der Waals surface area contributed by atoms with Crippen LogP contribution < -0.4 is 14.2 Å². The van der Waals surface area contributed by atoms with Crippen LogP contribution in [0.5, 0.6) is 34.5 Å². The lowest BCUT2D eigenvalue weighted by Crippen LogP contribution is -1.97. The quantitative estimate of drug-likeness (QED) is 0.194. The highest BCUT2D eigenvalue weighted by Crippen LogP contribution is 2.35. The van der Waals surface area contributed by atoms with Crippen LogP contribution in [0.4, 0.5) is 17.6 Å². The predicted molar refractivity (Wildman–Crippen MR) is 135 cm³/mol. The average molecular weight is 533 g/mol. The van der Waals surface area contributed by atoms with Crippen molar-refractivity contribution in [2.45, 2.75) is 34.1 Å². The van der Waals surface area contributed by atoms with E-state index in [0.29, 0.717) is 29.7 Å². The van der Waals surface area contributed by atoms with Crippen molar-refractivity contribution < 1.29 is 36.9 Å². The molecular formula is C28H28F4N2O4. The number of hydrogen-bond acceptors (Lipinski definition) is 6. The van der Waals surface area contributed by atoms with Gasteiger partial charge >= 0.3 is 0 Å². The summed E-state index contributed by atoms with van der Waals surface area (Å²) in [5.74, 6) is -2.67. The van der Waals surface area contributed by atoms with Gasteiger partial charge in [-0.05, 0) is 60.4 Å². The van der Waals surface area contributed by atoms with Crippen molar-refractivity contribution in [1.82, 2.24) is 9.97 Å². The lowest BCUT2D eigenvalue weighted by molar-refractivity contribution is 0.364. The summed E-state index contributed by atoms with van der Waals surface area (Å²) in [6.07, 6.45) is 3.55. The van der Waals surface area contributed by atoms with Crippen molar-refractivity contribution in [2.75, 3.05) is 7.11 Å². The van der Waals surface area contributed by atoms with E-state index in [0.717, 1.165) is 6.07 Å². The van der Waals surface area contributed by atoms with E-state index in [4.69, 9.17) is 14.2 Å². The zero-order valence-electron chi connectivity index (χ0n) is 20.3. The summed E-state index contributed by atoms with van der Waals surface area (Å²) in [4.78, 5) is 6.85. The highest BCUT2D eigenvalue weighted by atomic mass is 19.1. The molecule has 0 aliphatic rings. The molecule has 10 heteroatoms. The number of pyridine rings is 2. The summed E-state index contributed by atoms with van der Waals surface area (Å²) in [5, 5.41) is 9.66. The molecule has 0 saturated heterocycles. The summed E-state index contributed by atoms with van der Waals surface area (Å²) in [6, 6.07) is 10.8. The fourth-order valence-corrected chi connectivity index (χ4v) is 3.16. The second-order valence-corrected chi connectivity index (χ2v) is 7.50. The summed E-state index contributed by atoms with van der Waals surface area (Å²) >= 11 is 0. The van der Waals surface area contributed by atoms with E-state index in [1.807, 2.05) is 6.92 Å². The first-order valence-corrected chi connectivity index (χ1v) is 11.2. The molecule has 4 rings (SSSR count). The number of methoxy groups -OCH3 is 1. The molecule has 0 atom stereocenters. The number of aromatic nitrogens is 2. The number of nitrogens with zero attached hydrogens (tertiary/aromatic N) is 2. The molecule has 38 heavy (non-hydrogen) atoms. The molecule has 0 aliphatic carbocycles. The van der Waals surface area contributed by atoms with Crippen molar-refractivity contribution in [1.29, 1.82) is 0 Å². The van der Waals surface area contributed by atoms with Crippen molar-refractivity contribution in [3.05, 3.63) is 95.6 Å². The lowest BCUT2D eigenvalue weighted by Gasteiger charge is -2.12. The molecular weight excluding hydrogens is 504 g/mol. The van der Waals surface area contributed by atoms with Crippen LogP contribution in [-0.2, 0) is 12.8 Å². The van der Waals surface area contributed by atoms with E-state index >= 15 is 0 Å². The fourth-order valence-electron chi connectivity index (χ4n) is 3.16. The molecule has 0 saturated carbocycles. The number of phenols is 1. The molecule has 4 aromatic rings. The van der Waals surface area contributed by atoms with Crippen molar-refractivity contribution >= 4 is 0 Å². The van der Waals surface area contributed by atoms with E-state index in [-0.39, 0.29) is 36.2 Å². The first-order valence-electron chi connectivity index (χ1n) is 11.2. The first kappa shape index (κ1) is 29.9. The maximum absolute atomic E-state index is 13.7. The molecule has 2 aromatic heterocycles. The Bertz CT molecular complexity index is 1370. The van der Waals surface area contributed by atoms with E-state index < -0.39 is 23.5 Å². The molecule has 0 spiro atoms. The average Bonchev–Trinajstić information content (AvgIpc) is 2.89. The summed E-state index contributed by atoms with van der Waals surface area (Å²) in [7, 11) is 1.44. The molecule has 202 valence electrons. The molecule has 0 radical (unpaired) electrons. The first-order chi connectivity index (χ1) is 17.8. The Morgan fingerprint density at radius 2 is 1.16 bits per heavy atom. The van der Waals surface area contributed by atoms with E-state index in [1.165, 1.54) is 55.9 Å². The minimum atomic E-state index is -0.822. The predicted octanol–water partition coefficient (Wildman–Crippen LogP) is 7.78. The number of aryl methyl sites for hydroxylation is 2. The third-order valence-electron chi connectivity index (χ3n) is 5.11. The molecule has 0 amide bonds. The van der Waals surface area contributed by atoms with Gasteiger partial charge in [0.15, 0.2) is 34.5 Å². The molecule has 6 nitrogen and oxygen atoms in total. The smallest absolute Gasteiger partial charge is 0.255 e. The van der Waals surface area contributed by atoms with E-state index in [9.17, 15) is 22.7 Å². The number of halogens is 4. The zero-order valence-corrected chi connectivity index (χ0v) is 20.3. The summed E-state index contributed by atoms with van der Waals surface area (Å²) < 4.78 is 69.4. The normalized spacial score (nSPS) is 10.1. The number of phenolic OH excluding ortho intramolecular Hbond substituents is 1. The van der Waals surface area contributed by atoms with Gasteiger partial charge in [-0.2, -0.15) is 8.78 Å². The minimum Gasteiger partial charge on any atom is -0.504 e. The highest BCUT2D eigenvalue weighted by molar-refractivity contribution is 5.46. The summed E-state index contributed by atoms with van der Waals surface area (Å²) in [6.45, 7) is 3.60. The maximum Gasteiger partial charge on any atom is 0.255 e. The van der Waals surface area contributed by atoms with Crippen LogP contribution in [-0.4, -0.2) is 22.2 Å². The van der Waals surface area contributed by atoms with Crippen LogP contribution in [0.3, 0.4) is 0 Å². The number of rotatable bonds is 7. The van der Waals surface area contributed by atoms with Crippen LogP contribution >= 0.6 is 0 Å². The third-order valence-corrected chi connectivity index (χ3v) is 5.11. The maximum atomic E-state index is 13.7. The molecule has 0 fully saturated rings. The van der Waals surface area contributed by atoms with Gasteiger partial charge in [-0.25, -0.2) is 18.7 Å². The topological polar surface area (TPSA) is 73.7 Å². The van der Waals surface area contributed by atoms with Crippen LogP contribution in [0.15, 0.2) is 60.9 Å². The van der Waals surface area contributed by atoms with Crippen LogP contribution in [0.1, 0.15) is 32.4 Å². The van der Waals surface area contributed by atoms with Gasteiger partial charge in [0.1, 0.15) is 11.6 Å². The van der Waals surface area contributed by atoms with Gasteiger partial charge in [0.2, 0.25) is 0 Å². The van der Waals surface area contributed by atoms with Crippen molar-refractivity contribution in [2.24, 2.45) is 0 Å². The Balaban J connectivity index is 0.000000260. The Labute approximate surface area is 218 Å². The minimum absolute atomic E-state index is 0. The van der Waals surface area contributed by atoms with Gasteiger partial charge in [0, 0.05) is 24.5 Å². The Kier molecular flexibility index (Phi) is 10.9. The second kappa shape index (κ2) is 13.8. The van der Waals surface area contributed by atoms with Crippen molar-refractivity contribution in [3.63, 3.8) is 0 Å². The van der Waals surface area contributed by atoms with Crippen molar-refractivity contribution in [3.8, 4) is 34.5 Å².